The quantitative estimate of drug-likeness (QED) is 0.672. The van der Waals surface area contributed by atoms with Crippen LogP contribution < -0.4 is 5.32 Å². The number of nitro groups is 1. The van der Waals surface area contributed by atoms with E-state index in [1.54, 1.807) is 13.0 Å². The minimum absolute atomic E-state index is 0.00497. The molecule has 2 aromatic rings. The standard InChI is InChI=1S/C15H15ClN4O3/c1-10-17-13(20(22)23)8-19(10)9-14(21)18-15(5-6-15)11-3-2-4-12(16)7-11/h2-4,7-8H,5-6,9H2,1H3,(H,18,21). The Hall–Kier alpha value is -2.41. The molecule has 0 radical (unpaired) electrons. The largest absolute Gasteiger partial charge is 0.381 e. The maximum atomic E-state index is 12.3. The Morgan fingerprint density at radius 3 is 2.83 bits per heavy atom. The second kappa shape index (κ2) is 5.66. The second-order valence-corrected chi connectivity index (χ2v) is 6.11. The summed E-state index contributed by atoms with van der Waals surface area (Å²) in [5.41, 5.74) is 0.606. The number of carbonyl (C=O) groups is 1. The summed E-state index contributed by atoms with van der Waals surface area (Å²) in [6.07, 6.45) is 2.97. The van der Waals surface area contributed by atoms with E-state index >= 15 is 0 Å². The molecule has 120 valence electrons. The molecule has 0 unspecified atom stereocenters. The Kier molecular flexibility index (Phi) is 3.81. The van der Waals surface area contributed by atoms with Crippen LogP contribution in [0.25, 0.3) is 0 Å². The summed E-state index contributed by atoms with van der Waals surface area (Å²) >= 11 is 6.01. The van der Waals surface area contributed by atoms with Crippen LogP contribution in [-0.2, 0) is 16.9 Å². The number of aryl methyl sites for hydroxylation is 1. The summed E-state index contributed by atoms with van der Waals surface area (Å²) in [4.78, 5) is 26.3. The Morgan fingerprint density at radius 2 is 2.26 bits per heavy atom. The number of amides is 1. The molecule has 3 rings (SSSR count). The van der Waals surface area contributed by atoms with Gasteiger partial charge in [0.15, 0.2) is 0 Å². The number of hydrogen-bond acceptors (Lipinski definition) is 4. The van der Waals surface area contributed by atoms with Gasteiger partial charge in [0.1, 0.15) is 12.7 Å². The Labute approximate surface area is 137 Å². The van der Waals surface area contributed by atoms with E-state index in [-0.39, 0.29) is 23.8 Å². The monoisotopic (exact) mass is 334 g/mol. The number of hydrogen-bond donors (Lipinski definition) is 1. The first-order valence-electron chi connectivity index (χ1n) is 7.15. The molecule has 23 heavy (non-hydrogen) atoms. The summed E-state index contributed by atoms with van der Waals surface area (Å²) in [5, 5.41) is 14.4. The van der Waals surface area contributed by atoms with Gasteiger partial charge >= 0.3 is 5.82 Å². The number of halogens is 1. The van der Waals surface area contributed by atoms with Crippen LogP contribution in [0.1, 0.15) is 24.2 Å². The van der Waals surface area contributed by atoms with Gasteiger partial charge in [0.25, 0.3) is 0 Å². The molecular weight excluding hydrogens is 320 g/mol. The minimum Gasteiger partial charge on any atom is -0.358 e. The van der Waals surface area contributed by atoms with Gasteiger partial charge in [-0.1, -0.05) is 23.7 Å². The highest BCUT2D eigenvalue weighted by Gasteiger charge is 2.45. The minimum atomic E-state index is -0.574. The van der Waals surface area contributed by atoms with Gasteiger partial charge in [0.05, 0.1) is 5.54 Å². The van der Waals surface area contributed by atoms with Crippen molar-refractivity contribution in [3.05, 3.63) is 57.0 Å². The van der Waals surface area contributed by atoms with Gasteiger partial charge in [-0.15, -0.1) is 0 Å². The molecule has 8 heteroatoms. The molecule has 1 aliphatic rings. The van der Waals surface area contributed by atoms with Gasteiger partial charge in [0, 0.05) is 11.9 Å². The zero-order valence-corrected chi connectivity index (χ0v) is 13.2. The summed E-state index contributed by atoms with van der Waals surface area (Å²) < 4.78 is 1.47. The first-order chi connectivity index (χ1) is 10.9. The number of nitrogens with one attached hydrogen (secondary N) is 1. The number of carbonyl (C=O) groups excluding carboxylic acids is 1. The molecule has 1 aliphatic carbocycles. The first-order valence-corrected chi connectivity index (χ1v) is 7.53. The van der Waals surface area contributed by atoms with Crippen LogP contribution >= 0.6 is 11.6 Å². The number of rotatable bonds is 5. The third-order valence-corrected chi connectivity index (χ3v) is 4.21. The van der Waals surface area contributed by atoms with E-state index in [0.29, 0.717) is 10.8 Å². The molecule has 0 aliphatic heterocycles. The van der Waals surface area contributed by atoms with Crippen molar-refractivity contribution in [2.24, 2.45) is 0 Å². The van der Waals surface area contributed by atoms with Crippen LogP contribution in [-0.4, -0.2) is 20.4 Å². The number of benzene rings is 1. The van der Waals surface area contributed by atoms with Crippen molar-refractivity contribution < 1.29 is 9.72 Å². The first kappa shape index (κ1) is 15.5. The highest BCUT2D eigenvalue weighted by Crippen LogP contribution is 2.46. The SMILES string of the molecule is Cc1nc([N+](=O)[O-])cn1CC(=O)NC1(c2cccc(Cl)c2)CC1. The van der Waals surface area contributed by atoms with Gasteiger partial charge in [-0.2, -0.15) is 0 Å². The smallest absolute Gasteiger partial charge is 0.358 e. The average Bonchev–Trinajstić information content (AvgIpc) is 3.17. The van der Waals surface area contributed by atoms with Gasteiger partial charge in [-0.3, -0.25) is 9.36 Å². The maximum absolute atomic E-state index is 12.3. The number of aromatic nitrogens is 2. The van der Waals surface area contributed by atoms with Gasteiger partial charge < -0.3 is 15.4 Å². The van der Waals surface area contributed by atoms with E-state index in [0.717, 1.165) is 18.4 Å². The van der Waals surface area contributed by atoms with E-state index in [1.165, 1.54) is 10.8 Å². The fourth-order valence-electron chi connectivity index (χ4n) is 2.60. The predicted octanol–water partition coefficient (Wildman–Crippen LogP) is 2.56. The lowest BCUT2D eigenvalue weighted by Gasteiger charge is -2.18. The van der Waals surface area contributed by atoms with E-state index in [4.69, 9.17) is 11.6 Å². The normalized spacial score (nSPS) is 15.2. The van der Waals surface area contributed by atoms with Crippen molar-refractivity contribution in [2.45, 2.75) is 31.8 Å². The van der Waals surface area contributed by atoms with Crippen LogP contribution in [0, 0.1) is 17.0 Å². The molecule has 1 fully saturated rings. The van der Waals surface area contributed by atoms with Crippen molar-refractivity contribution in [1.29, 1.82) is 0 Å². The molecule has 0 saturated heterocycles. The molecule has 7 nitrogen and oxygen atoms in total. The predicted molar refractivity (Wildman–Crippen MR) is 84.1 cm³/mol. The molecule has 1 N–H and O–H groups in total. The Morgan fingerprint density at radius 1 is 1.52 bits per heavy atom. The lowest BCUT2D eigenvalue weighted by Crippen LogP contribution is -2.37. The van der Waals surface area contributed by atoms with Crippen molar-refractivity contribution in [2.75, 3.05) is 0 Å². The molecule has 1 heterocycles. The Balaban J connectivity index is 1.71. The van der Waals surface area contributed by atoms with Gasteiger partial charge in [-0.25, -0.2) is 0 Å². The lowest BCUT2D eigenvalue weighted by atomic mass is 10.1. The van der Waals surface area contributed by atoms with Gasteiger partial charge in [0.2, 0.25) is 11.7 Å². The van der Waals surface area contributed by atoms with E-state index in [1.807, 2.05) is 18.2 Å². The summed E-state index contributed by atoms with van der Waals surface area (Å²) in [5.74, 6) is -0.0383. The van der Waals surface area contributed by atoms with Crippen molar-refractivity contribution in [3.63, 3.8) is 0 Å². The topological polar surface area (TPSA) is 90.1 Å². The van der Waals surface area contributed by atoms with E-state index < -0.39 is 4.92 Å². The zero-order valence-electron chi connectivity index (χ0n) is 12.5. The molecule has 0 spiro atoms. The average molecular weight is 335 g/mol. The Bertz CT molecular complexity index is 783. The fraction of sp³-hybridized carbons (Fsp3) is 0.333. The number of imidazole rings is 1. The fourth-order valence-corrected chi connectivity index (χ4v) is 2.79. The summed E-state index contributed by atoms with van der Waals surface area (Å²) in [6.45, 7) is 1.62. The van der Waals surface area contributed by atoms with Crippen LogP contribution in [0.2, 0.25) is 5.02 Å². The van der Waals surface area contributed by atoms with E-state index in [9.17, 15) is 14.9 Å². The molecule has 0 atom stereocenters. The lowest BCUT2D eigenvalue weighted by molar-refractivity contribution is -0.389. The van der Waals surface area contributed by atoms with Crippen LogP contribution in [0.5, 0.6) is 0 Å². The van der Waals surface area contributed by atoms with Crippen LogP contribution in [0.4, 0.5) is 5.82 Å². The van der Waals surface area contributed by atoms with Gasteiger partial charge in [-0.05, 0) is 40.4 Å². The summed E-state index contributed by atoms with van der Waals surface area (Å²) in [7, 11) is 0. The highest BCUT2D eigenvalue weighted by atomic mass is 35.5. The third-order valence-electron chi connectivity index (χ3n) is 3.97. The molecule has 1 aromatic carbocycles. The van der Waals surface area contributed by atoms with Crippen molar-refractivity contribution >= 4 is 23.3 Å². The highest BCUT2D eigenvalue weighted by molar-refractivity contribution is 6.30. The second-order valence-electron chi connectivity index (χ2n) is 5.67. The molecule has 1 amide bonds. The van der Waals surface area contributed by atoms with Crippen LogP contribution in [0.15, 0.2) is 30.5 Å². The molecule has 0 bridgehead atoms. The zero-order chi connectivity index (χ0) is 16.6. The maximum Gasteiger partial charge on any atom is 0.381 e. The molecule has 1 aromatic heterocycles. The third kappa shape index (κ3) is 3.19. The molecule has 1 saturated carbocycles. The number of nitrogens with zero attached hydrogens (tertiary/aromatic N) is 3. The van der Waals surface area contributed by atoms with Crippen molar-refractivity contribution in [1.82, 2.24) is 14.9 Å². The van der Waals surface area contributed by atoms with E-state index in [2.05, 4.69) is 10.3 Å². The van der Waals surface area contributed by atoms with Crippen molar-refractivity contribution in [3.8, 4) is 0 Å². The van der Waals surface area contributed by atoms with Crippen LogP contribution in [0.3, 0.4) is 0 Å². The summed E-state index contributed by atoms with van der Waals surface area (Å²) in [6, 6.07) is 7.43. The molecular formula is C15H15ClN4O3.